The summed E-state index contributed by atoms with van der Waals surface area (Å²) in [6, 6.07) is 24.7. The minimum atomic E-state index is -0.354. The van der Waals surface area contributed by atoms with Crippen molar-refractivity contribution < 1.29 is 18.9 Å². The van der Waals surface area contributed by atoms with Gasteiger partial charge in [-0.1, -0.05) is 36.3 Å². The number of amides is 4. The molecule has 1 atom stereocenters. The molecular weight excluding hydrogens is 795 g/mol. The topological polar surface area (TPSA) is 169 Å². The summed E-state index contributed by atoms with van der Waals surface area (Å²) in [5.74, 6) is 0.705. The first kappa shape index (κ1) is 40.5. The molecule has 0 unspecified atom stereocenters. The third-order valence-electron chi connectivity index (χ3n) is 13.6. The number of imide groups is 1. The smallest absolute Gasteiger partial charge is 0.328 e. The van der Waals surface area contributed by atoms with Crippen molar-refractivity contribution in [3.63, 3.8) is 0 Å². The van der Waals surface area contributed by atoms with Crippen molar-refractivity contribution in [2.24, 2.45) is 5.92 Å². The van der Waals surface area contributed by atoms with E-state index < -0.39 is 0 Å². The molecule has 3 N–H and O–H groups in total. The molecule has 3 aliphatic heterocycles. The van der Waals surface area contributed by atoms with Crippen LogP contribution in [0.5, 0.6) is 0 Å². The van der Waals surface area contributed by atoms with Crippen molar-refractivity contribution in [1.82, 2.24) is 40.9 Å². The van der Waals surface area contributed by atoms with Crippen LogP contribution in [-0.2, 0) is 10.2 Å². The highest BCUT2D eigenvalue weighted by atomic mass is 16.5. The molecule has 63 heavy (non-hydrogen) atoms. The van der Waals surface area contributed by atoms with Gasteiger partial charge in [0, 0.05) is 104 Å². The fourth-order valence-corrected chi connectivity index (χ4v) is 9.34. The number of anilines is 3. The summed E-state index contributed by atoms with van der Waals surface area (Å²) >= 11 is 0. The van der Waals surface area contributed by atoms with Gasteiger partial charge in [0.2, 0.25) is 11.8 Å². The van der Waals surface area contributed by atoms with E-state index in [2.05, 4.69) is 101 Å². The van der Waals surface area contributed by atoms with Gasteiger partial charge in [-0.3, -0.25) is 29.8 Å². The van der Waals surface area contributed by atoms with E-state index in [1.165, 1.54) is 11.4 Å². The summed E-state index contributed by atoms with van der Waals surface area (Å²) < 4.78 is 5.38. The van der Waals surface area contributed by atoms with Gasteiger partial charge in [-0.25, -0.2) is 9.78 Å². The zero-order valence-electron chi connectivity index (χ0n) is 36.1. The summed E-state index contributed by atoms with van der Waals surface area (Å²) in [5, 5.41) is 18.1. The van der Waals surface area contributed by atoms with Crippen molar-refractivity contribution in [1.29, 1.82) is 0 Å². The average molecular weight is 848 g/mol. The minimum absolute atomic E-state index is 0.0637. The molecule has 4 fully saturated rings. The van der Waals surface area contributed by atoms with Crippen LogP contribution in [0.15, 0.2) is 83.5 Å². The SMILES string of the molecule is Cc1cc(-c2n[nH]c3ncc(-c4ccc(N5CCN(CC6CCN(c7ccc(N8CCC(=O)NC8=O)cc7)CC6)CC5)cc4)cc23)ccc1[C@@H](C)NC(=O)c1noc(C2(C)CC2)n1. The normalized spacial score (nSPS) is 18.7. The van der Waals surface area contributed by atoms with Gasteiger partial charge in [0.1, 0.15) is 5.69 Å². The summed E-state index contributed by atoms with van der Waals surface area (Å²) in [6.07, 6.45) is 6.54. The number of piperidine rings is 1. The number of rotatable bonds is 11. The zero-order chi connectivity index (χ0) is 43.2. The van der Waals surface area contributed by atoms with E-state index in [0.29, 0.717) is 24.8 Å². The monoisotopic (exact) mass is 847 g/mol. The Hall–Kier alpha value is -6.61. The quantitative estimate of drug-likeness (QED) is 0.123. The number of urea groups is 1. The van der Waals surface area contributed by atoms with Crippen LogP contribution in [0, 0.1) is 12.8 Å². The summed E-state index contributed by atoms with van der Waals surface area (Å²) in [5.41, 5.74) is 9.82. The van der Waals surface area contributed by atoms with Crippen molar-refractivity contribution in [3.05, 3.63) is 102 Å². The molecule has 15 heteroatoms. The number of nitrogens with one attached hydrogen (secondary N) is 3. The predicted molar refractivity (Wildman–Crippen MR) is 242 cm³/mol. The molecule has 3 aromatic heterocycles. The van der Waals surface area contributed by atoms with Gasteiger partial charge in [-0.15, -0.1) is 0 Å². The van der Waals surface area contributed by atoms with Gasteiger partial charge in [-0.05, 0) is 111 Å². The largest absolute Gasteiger partial charge is 0.372 e. The number of fused-ring (bicyclic) bond motifs is 1. The predicted octanol–water partition coefficient (Wildman–Crippen LogP) is 7.01. The Morgan fingerprint density at radius 1 is 0.857 bits per heavy atom. The van der Waals surface area contributed by atoms with Gasteiger partial charge in [0.05, 0.1) is 6.04 Å². The minimum Gasteiger partial charge on any atom is -0.372 e. The van der Waals surface area contributed by atoms with Crippen LogP contribution < -0.4 is 25.3 Å². The van der Waals surface area contributed by atoms with Crippen molar-refractivity contribution in [2.45, 2.75) is 64.3 Å². The van der Waals surface area contributed by atoms with Crippen LogP contribution in [0.2, 0.25) is 0 Å². The number of benzene rings is 3. The van der Waals surface area contributed by atoms with E-state index in [0.717, 1.165) is 122 Å². The van der Waals surface area contributed by atoms with Gasteiger partial charge in [-0.2, -0.15) is 10.1 Å². The lowest BCUT2D eigenvalue weighted by Crippen LogP contribution is -2.49. The third-order valence-corrected chi connectivity index (χ3v) is 13.6. The number of hydrogen-bond acceptors (Lipinski definition) is 11. The van der Waals surface area contributed by atoms with Gasteiger partial charge < -0.3 is 19.6 Å². The number of carbonyl (C=O) groups is 3. The number of pyridine rings is 1. The summed E-state index contributed by atoms with van der Waals surface area (Å²) in [6.45, 7) is 13.8. The molecule has 6 heterocycles. The maximum Gasteiger partial charge on any atom is 0.328 e. The lowest BCUT2D eigenvalue weighted by molar-refractivity contribution is -0.120. The lowest BCUT2D eigenvalue weighted by atomic mass is 9.95. The second-order valence-electron chi connectivity index (χ2n) is 18.0. The maximum absolute atomic E-state index is 13.0. The lowest BCUT2D eigenvalue weighted by Gasteiger charge is -2.40. The third kappa shape index (κ3) is 8.36. The van der Waals surface area contributed by atoms with E-state index in [4.69, 9.17) is 9.51 Å². The van der Waals surface area contributed by atoms with E-state index in [1.54, 1.807) is 4.90 Å². The van der Waals surface area contributed by atoms with E-state index in [1.807, 2.05) is 44.3 Å². The van der Waals surface area contributed by atoms with Crippen LogP contribution in [0.25, 0.3) is 33.4 Å². The Morgan fingerprint density at radius 3 is 2.24 bits per heavy atom. The van der Waals surface area contributed by atoms with E-state index in [9.17, 15) is 14.4 Å². The molecule has 4 aliphatic rings. The molecule has 15 nitrogen and oxygen atoms in total. The Labute approximate surface area is 366 Å². The van der Waals surface area contributed by atoms with Crippen molar-refractivity contribution >= 4 is 45.9 Å². The molecule has 0 radical (unpaired) electrons. The van der Waals surface area contributed by atoms with Gasteiger partial charge in [0.25, 0.3) is 11.7 Å². The maximum atomic E-state index is 13.0. The molecule has 3 saturated heterocycles. The first-order valence-electron chi connectivity index (χ1n) is 22.2. The van der Waals surface area contributed by atoms with Crippen LogP contribution in [0.1, 0.15) is 79.6 Å². The van der Waals surface area contributed by atoms with Crippen molar-refractivity contribution in [3.8, 4) is 22.4 Å². The summed E-state index contributed by atoms with van der Waals surface area (Å²) in [4.78, 5) is 55.1. The highest BCUT2D eigenvalue weighted by Crippen LogP contribution is 2.46. The number of nitrogens with zero attached hydrogens (tertiary/aromatic N) is 8. The van der Waals surface area contributed by atoms with Gasteiger partial charge >= 0.3 is 6.03 Å². The molecular formula is C48H53N11O4. The second-order valence-corrected chi connectivity index (χ2v) is 18.0. The molecule has 10 rings (SSSR count). The van der Waals surface area contributed by atoms with E-state index >= 15 is 0 Å². The standard InChI is InChI=1S/C48H53N11O4/c1-30-26-34(6-13-39(30)31(2)50-45(61)44-52-46(63-55-44)48(3)17-18-48)42-40-27-35(28-49-43(40)54-53-42)33-4-7-36(8-5-33)58-24-22-56(23-25-58)29-32-14-19-57(20-15-32)37-9-11-38(12-10-37)59-21-16-41(60)51-47(59)62/h4-13,26-28,31-32H,14-25,29H2,1-3H3,(H,50,61)(H,49,53,54)(H,51,60,62)/t31-/m1/s1. The highest BCUT2D eigenvalue weighted by molar-refractivity contribution is 6.05. The number of aromatic amines is 1. The molecule has 6 aromatic rings. The number of carbonyl (C=O) groups excluding carboxylic acids is 3. The number of piperazine rings is 1. The first-order chi connectivity index (χ1) is 30.6. The zero-order valence-corrected chi connectivity index (χ0v) is 36.1. The Morgan fingerprint density at radius 2 is 1.54 bits per heavy atom. The molecule has 3 aromatic carbocycles. The number of aryl methyl sites for hydroxylation is 1. The molecule has 4 amide bonds. The average Bonchev–Trinajstić information content (AvgIpc) is 3.64. The Balaban J connectivity index is 0.714. The van der Waals surface area contributed by atoms with Crippen molar-refractivity contribution in [2.75, 3.05) is 67.1 Å². The Bertz CT molecular complexity index is 2650. The molecule has 0 spiro atoms. The highest BCUT2D eigenvalue weighted by Gasteiger charge is 2.45. The van der Waals surface area contributed by atoms with Crippen LogP contribution in [0.4, 0.5) is 21.9 Å². The summed E-state index contributed by atoms with van der Waals surface area (Å²) in [7, 11) is 0. The van der Waals surface area contributed by atoms with Crippen LogP contribution >= 0.6 is 0 Å². The van der Waals surface area contributed by atoms with Crippen LogP contribution in [-0.4, -0.2) is 100 Å². The molecule has 1 aliphatic carbocycles. The fraction of sp³-hybridized carbons (Fsp3) is 0.396. The molecule has 1 saturated carbocycles. The van der Waals surface area contributed by atoms with E-state index in [-0.39, 0.29) is 35.1 Å². The number of hydrogen-bond donors (Lipinski definition) is 3. The Kier molecular flexibility index (Phi) is 10.7. The second kappa shape index (κ2) is 16.6. The number of H-pyrrole nitrogens is 1. The van der Waals surface area contributed by atoms with Gasteiger partial charge in [0.15, 0.2) is 5.65 Å². The van der Waals surface area contributed by atoms with Crippen LogP contribution in [0.3, 0.4) is 0 Å². The number of aromatic nitrogens is 5. The first-order valence-corrected chi connectivity index (χ1v) is 22.2. The molecule has 324 valence electrons. The molecule has 0 bridgehead atoms. The fourth-order valence-electron chi connectivity index (χ4n) is 9.34.